The van der Waals surface area contributed by atoms with Gasteiger partial charge in [-0.05, 0) is 55.7 Å². The van der Waals surface area contributed by atoms with Gasteiger partial charge < -0.3 is 20.4 Å². The van der Waals surface area contributed by atoms with Crippen molar-refractivity contribution >= 4 is 41.2 Å². The van der Waals surface area contributed by atoms with Gasteiger partial charge in [0.2, 0.25) is 0 Å². The van der Waals surface area contributed by atoms with Crippen molar-refractivity contribution in [1.29, 1.82) is 0 Å². The zero-order chi connectivity index (χ0) is 24.5. The van der Waals surface area contributed by atoms with Crippen molar-refractivity contribution in [3.8, 4) is 5.75 Å². The first-order valence-electron chi connectivity index (χ1n) is 11.3. The quantitative estimate of drug-likeness (QED) is 0.490. The Balaban J connectivity index is 0.000000552. The Morgan fingerprint density at radius 3 is 2.17 bits per heavy atom. The highest BCUT2D eigenvalue weighted by atomic mass is 35.5. The first-order chi connectivity index (χ1) is 16.3. The van der Waals surface area contributed by atoms with Crippen LogP contribution >= 0.6 is 23.2 Å². The lowest BCUT2D eigenvalue weighted by molar-refractivity contribution is -0.159. The van der Waals surface area contributed by atoms with Crippen LogP contribution in [0.2, 0.25) is 10.0 Å². The Kier molecular flexibility index (Phi) is 11.5. The van der Waals surface area contributed by atoms with Gasteiger partial charge in [-0.15, -0.1) is 0 Å². The van der Waals surface area contributed by atoms with Crippen molar-refractivity contribution < 1.29 is 30.0 Å². The molecule has 4 rings (SSSR count). The molecule has 7 nitrogen and oxygen atoms in total. The second-order valence-electron chi connectivity index (χ2n) is 8.56. The van der Waals surface area contributed by atoms with Gasteiger partial charge in [-0.1, -0.05) is 65.7 Å². The van der Waals surface area contributed by atoms with E-state index in [4.69, 9.17) is 47.7 Å². The number of halogens is 2. The van der Waals surface area contributed by atoms with Crippen molar-refractivity contribution in [2.75, 3.05) is 13.2 Å². The highest BCUT2D eigenvalue weighted by Gasteiger charge is 2.39. The zero-order valence-electron chi connectivity index (χ0n) is 19.3. The molecule has 2 atom stereocenters. The number of carboxylic acid groups (broad SMARTS) is 2. The Labute approximate surface area is 215 Å². The molecular weight excluding hydrogens is 493 g/mol. The molecule has 2 unspecified atom stereocenters. The van der Waals surface area contributed by atoms with Crippen LogP contribution < -0.4 is 4.74 Å². The number of ether oxygens (including phenoxy) is 1. The number of rotatable bonds is 7. The van der Waals surface area contributed by atoms with Crippen LogP contribution in [-0.4, -0.2) is 57.8 Å². The normalized spacial score (nSPS) is 21.0. The standard InChI is InChI=1S/C24H27Cl2NO.C2H2O4.H2O/c25-23-11-10-22(17-24(23)26)28-14-12-19-15-20-8-9-21(16-19)27(20)13-4-7-18-5-2-1-3-6-18;3-1(4)2(5)6;/h1-7,10-11,17,19-21H,8-9,12-16H2;(H,3,4)(H,5,6);1H2. The lowest BCUT2D eigenvalue weighted by atomic mass is 9.88. The van der Waals surface area contributed by atoms with Crippen LogP contribution in [0.4, 0.5) is 0 Å². The third kappa shape index (κ3) is 8.85. The minimum Gasteiger partial charge on any atom is -0.494 e. The van der Waals surface area contributed by atoms with Gasteiger partial charge in [-0.25, -0.2) is 9.59 Å². The highest BCUT2D eigenvalue weighted by molar-refractivity contribution is 6.42. The van der Waals surface area contributed by atoms with Gasteiger partial charge in [0.1, 0.15) is 5.75 Å². The molecule has 0 radical (unpaired) electrons. The fourth-order valence-corrected chi connectivity index (χ4v) is 4.99. The van der Waals surface area contributed by atoms with Crippen molar-refractivity contribution in [1.82, 2.24) is 4.90 Å². The summed E-state index contributed by atoms with van der Waals surface area (Å²) in [6.07, 6.45) is 11.0. The Bertz CT molecular complexity index is 975. The second kappa shape index (κ2) is 14.1. The average Bonchev–Trinajstić information content (AvgIpc) is 3.05. The maximum absolute atomic E-state index is 9.10. The lowest BCUT2D eigenvalue weighted by Gasteiger charge is -2.38. The minimum atomic E-state index is -1.82. The smallest absolute Gasteiger partial charge is 0.414 e. The van der Waals surface area contributed by atoms with Crippen LogP contribution in [0.3, 0.4) is 0 Å². The van der Waals surface area contributed by atoms with E-state index in [1.807, 2.05) is 6.07 Å². The molecule has 190 valence electrons. The van der Waals surface area contributed by atoms with Crippen LogP contribution in [0.25, 0.3) is 6.08 Å². The van der Waals surface area contributed by atoms with E-state index in [2.05, 4.69) is 47.4 Å². The molecule has 0 aliphatic carbocycles. The van der Waals surface area contributed by atoms with Crippen LogP contribution in [0, 0.1) is 5.92 Å². The molecule has 2 bridgehead atoms. The van der Waals surface area contributed by atoms with Crippen LogP contribution in [0.1, 0.15) is 37.7 Å². The number of hydrogen-bond donors (Lipinski definition) is 2. The number of piperidine rings is 1. The summed E-state index contributed by atoms with van der Waals surface area (Å²) in [6.45, 7) is 1.81. The summed E-state index contributed by atoms with van der Waals surface area (Å²) in [7, 11) is 0. The van der Waals surface area contributed by atoms with E-state index in [0.29, 0.717) is 10.0 Å². The maximum Gasteiger partial charge on any atom is 0.414 e. The lowest BCUT2D eigenvalue weighted by Crippen LogP contribution is -2.43. The first kappa shape index (κ1) is 28.7. The number of fused-ring (bicyclic) bond motifs is 2. The number of benzene rings is 2. The van der Waals surface area contributed by atoms with Crippen molar-refractivity contribution in [3.05, 3.63) is 70.2 Å². The molecule has 0 saturated carbocycles. The molecule has 0 aromatic heterocycles. The number of nitrogens with zero attached hydrogens (tertiary/aromatic N) is 1. The zero-order valence-corrected chi connectivity index (χ0v) is 20.8. The Hall–Kier alpha value is -2.58. The number of hydrogen-bond acceptors (Lipinski definition) is 4. The fourth-order valence-electron chi connectivity index (χ4n) is 4.71. The maximum atomic E-state index is 9.10. The van der Waals surface area contributed by atoms with Gasteiger partial charge in [0.05, 0.1) is 16.7 Å². The Morgan fingerprint density at radius 2 is 1.60 bits per heavy atom. The molecule has 2 fully saturated rings. The van der Waals surface area contributed by atoms with E-state index >= 15 is 0 Å². The summed E-state index contributed by atoms with van der Waals surface area (Å²) >= 11 is 12.0. The predicted octanol–water partition coefficient (Wildman–Crippen LogP) is 5.05. The third-order valence-electron chi connectivity index (χ3n) is 6.28. The molecule has 2 aliphatic rings. The molecule has 9 heteroatoms. The summed E-state index contributed by atoms with van der Waals surface area (Å²) in [6, 6.07) is 17.5. The second-order valence-corrected chi connectivity index (χ2v) is 9.37. The molecule has 2 aromatic carbocycles. The number of carbonyl (C=O) groups is 2. The van der Waals surface area contributed by atoms with Gasteiger partial charge in [0.25, 0.3) is 0 Å². The van der Waals surface area contributed by atoms with Crippen molar-refractivity contribution in [2.24, 2.45) is 5.92 Å². The number of carboxylic acids is 2. The minimum absolute atomic E-state index is 0. The molecule has 2 heterocycles. The van der Waals surface area contributed by atoms with Crippen LogP contribution in [-0.2, 0) is 9.59 Å². The molecule has 0 spiro atoms. The molecule has 2 aromatic rings. The molecular formula is C26H31Cl2NO6. The number of aliphatic carboxylic acids is 2. The van der Waals surface area contributed by atoms with E-state index in [1.165, 1.54) is 31.2 Å². The summed E-state index contributed by atoms with van der Waals surface area (Å²) < 4.78 is 5.91. The average molecular weight is 524 g/mol. The summed E-state index contributed by atoms with van der Waals surface area (Å²) in [5.41, 5.74) is 1.28. The van der Waals surface area contributed by atoms with E-state index in [9.17, 15) is 0 Å². The predicted molar refractivity (Wildman–Crippen MR) is 137 cm³/mol. The fraction of sp³-hybridized carbons (Fsp3) is 0.385. The largest absolute Gasteiger partial charge is 0.494 e. The van der Waals surface area contributed by atoms with Crippen LogP contribution in [0.5, 0.6) is 5.75 Å². The van der Waals surface area contributed by atoms with Crippen molar-refractivity contribution in [2.45, 2.75) is 44.2 Å². The van der Waals surface area contributed by atoms with Gasteiger partial charge in [0, 0.05) is 24.7 Å². The summed E-state index contributed by atoms with van der Waals surface area (Å²) in [5.74, 6) is -2.08. The van der Waals surface area contributed by atoms with E-state index < -0.39 is 11.9 Å². The molecule has 2 aliphatic heterocycles. The molecule has 2 saturated heterocycles. The highest BCUT2D eigenvalue weighted by Crippen LogP contribution is 2.39. The SMILES string of the molecule is Clc1ccc(OCCC2CC3CCC(C2)N3CC=Cc2ccccc2)cc1Cl.O.O=C(O)C(=O)O. The first-order valence-corrected chi connectivity index (χ1v) is 12.1. The van der Waals surface area contributed by atoms with E-state index in [-0.39, 0.29) is 5.48 Å². The van der Waals surface area contributed by atoms with Gasteiger partial charge in [-0.2, -0.15) is 0 Å². The van der Waals surface area contributed by atoms with E-state index in [1.54, 1.807) is 12.1 Å². The molecule has 4 N–H and O–H groups in total. The van der Waals surface area contributed by atoms with E-state index in [0.717, 1.165) is 43.3 Å². The van der Waals surface area contributed by atoms with Gasteiger partial charge >= 0.3 is 11.9 Å². The van der Waals surface area contributed by atoms with Gasteiger partial charge in [0.15, 0.2) is 0 Å². The van der Waals surface area contributed by atoms with Crippen LogP contribution in [0.15, 0.2) is 54.6 Å². The molecule has 35 heavy (non-hydrogen) atoms. The van der Waals surface area contributed by atoms with Gasteiger partial charge in [-0.3, -0.25) is 4.90 Å². The Morgan fingerprint density at radius 1 is 0.971 bits per heavy atom. The molecule has 0 amide bonds. The monoisotopic (exact) mass is 523 g/mol. The topological polar surface area (TPSA) is 119 Å². The third-order valence-corrected chi connectivity index (χ3v) is 7.02. The summed E-state index contributed by atoms with van der Waals surface area (Å²) in [5, 5.41) is 15.9. The summed E-state index contributed by atoms with van der Waals surface area (Å²) in [4.78, 5) is 20.9. The van der Waals surface area contributed by atoms with Crippen molar-refractivity contribution in [3.63, 3.8) is 0 Å².